The highest BCUT2D eigenvalue weighted by molar-refractivity contribution is 6.31. The minimum atomic E-state index is -1.13. The molecule has 0 aliphatic carbocycles. The van der Waals surface area contributed by atoms with Gasteiger partial charge in [-0.1, -0.05) is 54.1 Å². The Morgan fingerprint density at radius 3 is 2.35 bits per heavy atom. The van der Waals surface area contributed by atoms with Gasteiger partial charge in [0.25, 0.3) is 0 Å². The first-order valence-electron chi connectivity index (χ1n) is 5.20. The smallest absolute Gasteiger partial charge is 0.0458 e. The van der Waals surface area contributed by atoms with Crippen molar-refractivity contribution in [3.05, 3.63) is 59.1 Å². The van der Waals surface area contributed by atoms with Crippen molar-refractivity contribution in [1.29, 1.82) is 0 Å². The van der Waals surface area contributed by atoms with Crippen molar-refractivity contribution in [3.8, 4) is 11.1 Å². The quantitative estimate of drug-likeness (QED) is 0.833. The summed E-state index contributed by atoms with van der Waals surface area (Å²) in [4.78, 5) is 10.5. The van der Waals surface area contributed by atoms with E-state index in [1.54, 1.807) is 12.1 Å². The molecule has 2 nitrogen and oxygen atoms in total. The molecule has 17 heavy (non-hydrogen) atoms. The maximum Gasteiger partial charge on any atom is 0.0458 e. The molecular formula is C14H10ClO2-. The first-order valence-corrected chi connectivity index (χ1v) is 5.58. The normalized spacial score (nSPS) is 10.2. The number of benzene rings is 2. The van der Waals surface area contributed by atoms with Gasteiger partial charge in [-0.2, -0.15) is 0 Å². The topological polar surface area (TPSA) is 40.1 Å². The number of carbonyl (C=O) groups excluding carboxylic acids is 1. The van der Waals surface area contributed by atoms with E-state index >= 15 is 0 Å². The Kier molecular flexibility index (Phi) is 3.45. The summed E-state index contributed by atoms with van der Waals surface area (Å²) in [5.41, 5.74) is 2.60. The predicted octanol–water partition coefficient (Wildman–Crippen LogP) is 2.30. The van der Waals surface area contributed by atoms with E-state index in [4.69, 9.17) is 11.6 Å². The fraction of sp³-hybridized carbons (Fsp3) is 0.0714. The number of carboxylic acids is 1. The Morgan fingerprint density at radius 1 is 1.06 bits per heavy atom. The van der Waals surface area contributed by atoms with Crippen molar-refractivity contribution >= 4 is 17.6 Å². The zero-order valence-electron chi connectivity index (χ0n) is 9.02. The van der Waals surface area contributed by atoms with Gasteiger partial charge < -0.3 is 9.90 Å². The highest BCUT2D eigenvalue weighted by atomic mass is 35.5. The molecule has 86 valence electrons. The summed E-state index contributed by atoms with van der Waals surface area (Å²) in [7, 11) is 0. The van der Waals surface area contributed by atoms with E-state index in [2.05, 4.69) is 0 Å². The Balaban J connectivity index is 2.34. The van der Waals surface area contributed by atoms with E-state index in [9.17, 15) is 9.90 Å². The third kappa shape index (κ3) is 2.86. The van der Waals surface area contributed by atoms with Gasteiger partial charge in [0.2, 0.25) is 0 Å². The molecule has 0 N–H and O–H groups in total. The molecule has 0 aliphatic rings. The van der Waals surface area contributed by atoms with Crippen LogP contribution in [-0.4, -0.2) is 5.97 Å². The van der Waals surface area contributed by atoms with Crippen LogP contribution in [0.5, 0.6) is 0 Å². The van der Waals surface area contributed by atoms with Crippen molar-refractivity contribution < 1.29 is 9.90 Å². The molecule has 0 heterocycles. The Hall–Kier alpha value is -1.80. The van der Waals surface area contributed by atoms with E-state index < -0.39 is 5.97 Å². The van der Waals surface area contributed by atoms with Gasteiger partial charge in [-0.25, -0.2) is 0 Å². The van der Waals surface area contributed by atoms with Crippen LogP contribution in [0.4, 0.5) is 0 Å². The molecule has 0 saturated heterocycles. The summed E-state index contributed by atoms with van der Waals surface area (Å²) < 4.78 is 0. The van der Waals surface area contributed by atoms with Crippen molar-refractivity contribution in [2.75, 3.05) is 0 Å². The van der Waals surface area contributed by atoms with Gasteiger partial charge in [0.15, 0.2) is 0 Å². The van der Waals surface area contributed by atoms with Gasteiger partial charge >= 0.3 is 0 Å². The van der Waals surface area contributed by atoms with Crippen LogP contribution in [0.25, 0.3) is 11.1 Å². The van der Waals surface area contributed by atoms with Crippen molar-refractivity contribution in [2.24, 2.45) is 0 Å². The van der Waals surface area contributed by atoms with Crippen molar-refractivity contribution in [2.45, 2.75) is 6.42 Å². The fourth-order valence-electron chi connectivity index (χ4n) is 1.66. The van der Waals surface area contributed by atoms with Gasteiger partial charge in [-0.15, -0.1) is 0 Å². The monoisotopic (exact) mass is 245 g/mol. The number of hydrogen-bond donors (Lipinski definition) is 0. The van der Waals surface area contributed by atoms with Gasteiger partial charge in [0.1, 0.15) is 0 Å². The number of hydrogen-bond acceptors (Lipinski definition) is 2. The summed E-state index contributed by atoms with van der Waals surface area (Å²) in [6.07, 6.45) is -0.159. The van der Waals surface area contributed by atoms with Crippen molar-refractivity contribution in [3.63, 3.8) is 0 Å². The largest absolute Gasteiger partial charge is 0.550 e. The molecule has 3 heteroatoms. The summed E-state index contributed by atoms with van der Waals surface area (Å²) in [5, 5.41) is 11.0. The number of carbonyl (C=O) groups is 1. The van der Waals surface area contributed by atoms with Gasteiger partial charge in [-0.05, 0) is 22.8 Å². The molecule has 0 spiro atoms. The lowest BCUT2D eigenvalue weighted by Crippen LogP contribution is -2.24. The van der Waals surface area contributed by atoms with Crippen LogP contribution >= 0.6 is 11.6 Å². The lowest BCUT2D eigenvalue weighted by atomic mass is 10.0. The standard InChI is InChI=1S/C14H11ClO2/c15-13-8-11(10-4-2-1-3-5-10)6-7-12(13)9-14(16)17/h1-8H,9H2,(H,16,17)/p-1. The fourth-order valence-corrected chi connectivity index (χ4v) is 1.90. The van der Waals surface area contributed by atoms with Crippen LogP contribution in [-0.2, 0) is 11.2 Å². The molecule has 2 aromatic rings. The summed E-state index contributed by atoms with van der Waals surface area (Å²) in [5.74, 6) is -1.13. The van der Waals surface area contributed by atoms with Crippen molar-refractivity contribution in [1.82, 2.24) is 0 Å². The molecular weight excluding hydrogens is 236 g/mol. The van der Waals surface area contributed by atoms with Crippen LogP contribution < -0.4 is 5.11 Å². The average molecular weight is 246 g/mol. The maximum atomic E-state index is 10.5. The lowest BCUT2D eigenvalue weighted by Gasteiger charge is -2.08. The van der Waals surface area contributed by atoms with E-state index in [0.29, 0.717) is 10.6 Å². The zero-order chi connectivity index (χ0) is 12.3. The molecule has 2 aromatic carbocycles. The molecule has 0 atom stereocenters. The second-order valence-electron chi connectivity index (χ2n) is 3.72. The minimum Gasteiger partial charge on any atom is -0.550 e. The molecule has 0 bridgehead atoms. The van der Waals surface area contributed by atoms with Crippen LogP contribution in [0.15, 0.2) is 48.5 Å². The molecule has 0 aliphatic heterocycles. The molecule has 0 saturated carbocycles. The summed E-state index contributed by atoms with van der Waals surface area (Å²) in [6.45, 7) is 0. The maximum absolute atomic E-state index is 10.5. The third-order valence-electron chi connectivity index (χ3n) is 2.49. The highest BCUT2D eigenvalue weighted by Gasteiger charge is 2.03. The molecule has 0 radical (unpaired) electrons. The zero-order valence-corrected chi connectivity index (χ0v) is 9.78. The molecule has 0 amide bonds. The first-order chi connectivity index (χ1) is 8.16. The van der Waals surface area contributed by atoms with Crippen LogP contribution in [0.3, 0.4) is 0 Å². The highest BCUT2D eigenvalue weighted by Crippen LogP contribution is 2.25. The van der Waals surface area contributed by atoms with E-state index in [0.717, 1.165) is 11.1 Å². The number of carboxylic acid groups (broad SMARTS) is 1. The SMILES string of the molecule is O=C([O-])Cc1ccc(-c2ccccc2)cc1Cl. The van der Waals surface area contributed by atoms with E-state index in [1.807, 2.05) is 36.4 Å². The molecule has 0 fully saturated rings. The summed E-state index contributed by atoms with van der Waals surface area (Å²) in [6, 6.07) is 15.1. The molecule has 2 rings (SSSR count). The van der Waals surface area contributed by atoms with Crippen LogP contribution in [0.2, 0.25) is 5.02 Å². The van der Waals surface area contributed by atoms with E-state index in [-0.39, 0.29) is 6.42 Å². The molecule has 0 aromatic heterocycles. The Bertz CT molecular complexity index is 535. The van der Waals surface area contributed by atoms with Gasteiger partial charge in [-0.3, -0.25) is 0 Å². The number of rotatable bonds is 3. The minimum absolute atomic E-state index is 0.159. The average Bonchev–Trinajstić information content (AvgIpc) is 2.32. The second kappa shape index (κ2) is 5.02. The lowest BCUT2D eigenvalue weighted by molar-refractivity contribution is -0.304. The third-order valence-corrected chi connectivity index (χ3v) is 2.85. The predicted molar refractivity (Wildman–Crippen MR) is 65.6 cm³/mol. The number of aliphatic carboxylic acids is 1. The number of halogens is 1. The van der Waals surface area contributed by atoms with E-state index in [1.165, 1.54) is 0 Å². The second-order valence-corrected chi connectivity index (χ2v) is 4.13. The first kappa shape index (κ1) is 11.7. The van der Waals surface area contributed by atoms with Crippen LogP contribution in [0.1, 0.15) is 5.56 Å². The molecule has 0 unspecified atom stereocenters. The van der Waals surface area contributed by atoms with Crippen LogP contribution in [0, 0.1) is 0 Å². The van der Waals surface area contributed by atoms with Gasteiger partial charge in [0.05, 0.1) is 0 Å². The summed E-state index contributed by atoms with van der Waals surface area (Å²) >= 11 is 6.03. The Morgan fingerprint density at radius 2 is 1.76 bits per heavy atom. The van der Waals surface area contributed by atoms with Gasteiger partial charge in [0, 0.05) is 17.4 Å². The Labute approximate surface area is 104 Å².